The molecule has 1 aromatic carbocycles. The van der Waals surface area contributed by atoms with Gasteiger partial charge < -0.3 is 4.42 Å². The largest absolute Gasteiger partial charge is 0.463 e. The average molecular weight is 353 g/mol. The number of hydrogen-bond acceptors (Lipinski definition) is 5. The first kappa shape index (κ1) is 17.2. The van der Waals surface area contributed by atoms with Crippen LogP contribution in [0.4, 0.5) is 0 Å². The fourth-order valence-corrected chi connectivity index (χ4v) is 3.68. The maximum Gasteiger partial charge on any atom is 0.242 e. The van der Waals surface area contributed by atoms with Gasteiger partial charge in [0.15, 0.2) is 5.17 Å². The number of nitrogens with zero attached hydrogens (tertiary/aromatic N) is 3. The Morgan fingerprint density at radius 2 is 2.16 bits per heavy atom. The quantitative estimate of drug-likeness (QED) is 0.452. The molecule has 5 nitrogen and oxygen atoms in total. The Labute approximate surface area is 151 Å². The molecule has 0 saturated carbocycles. The van der Waals surface area contributed by atoms with E-state index in [0.717, 1.165) is 0 Å². The van der Waals surface area contributed by atoms with Crippen molar-refractivity contribution in [1.82, 2.24) is 4.90 Å². The van der Waals surface area contributed by atoms with Crippen LogP contribution in [0.1, 0.15) is 16.9 Å². The van der Waals surface area contributed by atoms with Crippen LogP contribution in [-0.2, 0) is 11.2 Å². The van der Waals surface area contributed by atoms with Gasteiger partial charge >= 0.3 is 0 Å². The van der Waals surface area contributed by atoms with E-state index in [9.17, 15) is 4.79 Å². The summed E-state index contributed by atoms with van der Waals surface area (Å²) in [5.41, 5.74) is 2.36. The first-order chi connectivity index (χ1) is 12.2. The number of hydrogen-bond donors (Lipinski definition) is 0. The second kappa shape index (κ2) is 7.98. The molecule has 3 rings (SSSR count). The fourth-order valence-electron chi connectivity index (χ4n) is 2.55. The minimum absolute atomic E-state index is 0.0418. The van der Waals surface area contributed by atoms with Crippen LogP contribution in [0.15, 0.2) is 69.9 Å². The number of furan rings is 1. The molecule has 2 aromatic rings. The van der Waals surface area contributed by atoms with Crippen molar-refractivity contribution >= 4 is 29.1 Å². The molecule has 1 aliphatic heterocycles. The van der Waals surface area contributed by atoms with Crippen LogP contribution < -0.4 is 0 Å². The summed E-state index contributed by atoms with van der Waals surface area (Å²) in [4.78, 5) is 14.3. The number of amidine groups is 1. The molecule has 0 aliphatic carbocycles. The third-order valence-electron chi connectivity index (χ3n) is 3.87. The van der Waals surface area contributed by atoms with Crippen molar-refractivity contribution in [3.05, 3.63) is 72.2 Å². The average Bonchev–Trinajstić information content (AvgIpc) is 3.21. The van der Waals surface area contributed by atoms with E-state index in [1.54, 1.807) is 29.4 Å². The minimum Gasteiger partial charge on any atom is -0.463 e. The zero-order chi connectivity index (χ0) is 17.6. The van der Waals surface area contributed by atoms with E-state index in [4.69, 9.17) is 4.42 Å². The Morgan fingerprint density at radius 3 is 2.88 bits per heavy atom. The molecule has 2 heterocycles. The summed E-state index contributed by atoms with van der Waals surface area (Å²) in [7, 11) is 0. The molecule has 1 amide bonds. The van der Waals surface area contributed by atoms with Gasteiger partial charge in [0.05, 0.1) is 17.7 Å². The standard InChI is InChI=1S/C19H19N3O2S/c1-3-10-22-18(23)17(12-15-8-5-4-7-14(15)2)25-19(22)21-20-13-16-9-6-11-24-16/h3-9,11,13,17H,1,10,12H2,2H3/b20-13+,21-19+. The number of carbonyl (C=O) groups is 1. The molecular weight excluding hydrogens is 334 g/mol. The summed E-state index contributed by atoms with van der Waals surface area (Å²) >= 11 is 1.44. The predicted octanol–water partition coefficient (Wildman–Crippen LogP) is 3.65. The third-order valence-corrected chi connectivity index (χ3v) is 5.04. The topological polar surface area (TPSA) is 58.2 Å². The summed E-state index contributed by atoms with van der Waals surface area (Å²) in [6.45, 7) is 6.21. The number of benzene rings is 1. The summed E-state index contributed by atoms with van der Waals surface area (Å²) < 4.78 is 5.18. The second-order valence-electron chi connectivity index (χ2n) is 5.62. The van der Waals surface area contributed by atoms with Crippen molar-refractivity contribution < 1.29 is 9.21 Å². The fraction of sp³-hybridized carbons (Fsp3) is 0.211. The lowest BCUT2D eigenvalue weighted by Gasteiger charge is -2.13. The molecule has 1 fully saturated rings. The lowest BCUT2D eigenvalue weighted by molar-refractivity contribution is -0.125. The van der Waals surface area contributed by atoms with Gasteiger partial charge in [-0.2, -0.15) is 5.10 Å². The molecular formula is C19H19N3O2S. The van der Waals surface area contributed by atoms with Crippen LogP contribution in [-0.4, -0.2) is 34.0 Å². The second-order valence-corrected chi connectivity index (χ2v) is 6.79. The van der Waals surface area contributed by atoms with Crippen LogP contribution >= 0.6 is 11.8 Å². The normalized spacial score (nSPS) is 19.2. The highest BCUT2D eigenvalue weighted by molar-refractivity contribution is 8.15. The van der Waals surface area contributed by atoms with Gasteiger partial charge in [0, 0.05) is 6.54 Å². The molecule has 128 valence electrons. The van der Waals surface area contributed by atoms with Gasteiger partial charge in [-0.25, -0.2) is 0 Å². The first-order valence-electron chi connectivity index (χ1n) is 7.97. The van der Waals surface area contributed by atoms with Crippen molar-refractivity contribution in [3.63, 3.8) is 0 Å². The van der Waals surface area contributed by atoms with E-state index in [0.29, 0.717) is 23.9 Å². The van der Waals surface area contributed by atoms with E-state index < -0.39 is 0 Å². The number of amides is 1. The Hall–Kier alpha value is -2.60. The molecule has 1 atom stereocenters. The smallest absolute Gasteiger partial charge is 0.242 e. The van der Waals surface area contributed by atoms with Gasteiger partial charge in [-0.1, -0.05) is 42.1 Å². The van der Waals surface area contributed by atoms with Crippen LogP contribution in [0.25, 0.3) is 0 Å². The van der Waals surface area contributed by atoms with Crippen LogP contribution in [0.3, 0.4) is 0 Å². The highest BCUT2D eigenvalue weighted by atomic mass is 32.2. The van der Waals surface area contributed by atoms with E-state index in [1.165, 1.54) is 29.1 Å². The van der Waals surface area contributed by atoms with Crippen molar-refractivity contribution in [1.29, 1.82) is 0 Å². The number of aryl methyl sites for hydroxylation is 1. The summed E-state index contributed by atoms with van der Waals surface area (Å²) in [6, 6.07) is 11.7. The van der Waals surface area contributed by atoms with Gasteiger partial charge in [0.2, 0.25) is 5.91 Å². The highest BCUT2D eigenvalue weighted by Gasteiger charge is 2.37. The highest BCUT2D eigenvalue weighted by Crippen LogP contribution is 2.30. The van der Waals surface area contributed by atoms with Crippen molar-refractivity contribution in [2.75, 3.05) is 6.54 Å². The first-order valence-corrected chi connectivity index (χ1v) is 8.85. The zero-order valence-electron chi connectivity index (χ0n) is 14.0. The van der Waals surface area contributed by atoms with Crippen molar-refractivity contribution in [2.24, 2.45) is 10.2 Å². The predicted molar refractivity (Wildman–Crippen MR) is 102 cm³/mol. The van der Waals surface area contributed by atoms with Gasteiger partial charge in [-0.05, 0) is 36.6 Å². The molecule has 6 heteroatoms. The lowest BCUT2D eigenvalue weighted by atomic mass is 10.0. The molecule has 0 N–H and O–H groups in total. The zero-order valence-corrected chi connectivity index (χ0v) is 14.8. The number of rotatable bonds is 6. The molecule has 1 aliphatic rings. The number of thioether (sulfide) groups is 1. The van der Waals surface area contributed by atoms with Crippen molar-refractivity contribution in [2.45, 2.75) is 18.6 Å². The van der Waals surface area contributed by atoms with Gasteiger partial charge in [-0.3, -0.25) is 9.69 Å². The van der Waals surface area contributed by atoms with Crippen LogP contribution in [0, 0.1) is 6.92 Å². The van der Waals surface area contributed by atoms with E-state index >= 15 is 0 Å². The molecule has 0 bridgehead atoms. The maximum absolute atomic E-state index is 12.7. The molecule has 0 radical (unpaired) electrons. The summed E-state index contributed by atoms with van der Waals surface area (Å²) in [5, 5.41) is 8.64. The monoisotopic (exact) mass is 353 g/mol. The van der Waals surface area contributed by atoms with Gasteiger partial charge in [0.1, 0.15) is 5.76 Å². The van der Waals surface area contributed by atoms with Gasteiger partial charge in [0.25, 0.3) is 0 Å². The maximum atomic E-state index is 12.7. The summed E-state index contributed by atoms with van der Waals surface area (Å²) in [6.07, 6.45) is 5.47. The van der Waals surface area contributed by atoms with Crippen LogP contribution in [0.2, 0.25) is 0 Å². The lowest BCUT2D eigenvalue weighted by Crippen LogP contribution is -2.32. The van der Waals surface area contributed by atoms with Crippen molar-refractivity contribution in [3.8, 4) is 0 Å². The van der Waals surface area contributed by atoms with E-state index in [1.807, 2.05) is 12.1 Å². The molecule has 1 saturated heterocycles. The SMILES string of the molecule is C=CCN1C(=O)C(Cc2ccccc2C)S/C1=N/N=C/c1ccco1. The molecule has 25 heavy (non-hydrogen) atoms. The molecule has 1 unspecified atom stereocenters. The summed E-state index contributed by atoms with van der Waals surface area (Å²) in [5.74, 6) is 0.658. The Kier molecular flexibility index (Phi) is 5.50. The number of carbonyl (C=O) groups excluding carboxylic acids is 1. The van der Waals surface area contributed by atoms with Gasteiger partial charge in [-0.15, -0.1) is 11.7 Å². The molecule has 1 aromatic heterocycles. The Balaban J connectivity index is 1.77. The van der Waals surface area contributed by atoms with Crippen LogP contribution in [0.5, 0.6) is 0 Å². The molecule has 0 spiro atoms. The Morgan fingerprint density at radius 1 is 1.32 bits per heavy atom. The van der Waals surface area contributed by atoms with E-state index in [2.05, 4.69) is 35.8 Å². The van der Waals surface area contributed by atoms with E-state index in [-0.39, 0.29) is 11.2 Å². The minimum atomic E-state index is -0.196. The Bertz CT molecular complexity index is 812. The third kappa shape index (κ3) is 4.09.